The number of rotatable bonds is 7. The van der Waals surface area contributed by atoms with Crippen LogP contribution in [0.25, 0.3) is 10.9 Å². The summed E-state index contributed by atoms with van der Waals surface area (Å²) in [6, 6.07) is 7.89. The molecule has 7 N–H and O–H groups in total. The summed E-state index contributed by atoms with van der Waals surface area (Å²) in [4.78, 5) is 16.3. The maximum absolute atomic E-state index is 11.9. The van der Waals surface area contributed by atoms with Crippen LogP contribution in [0.2, 0.25) is 0 Å². The highest BCUT2D eigenvalue weighted by Gasteiger charge is 2.38. The van der Waals surface area contributed by atoms with Crippen LogP contribution in [0.4, 0.5) is 17.5 Å². The lowest BCUT2D eigenvalue weighted by Gasteiger charge is -2.17. The molecule has 1 amide bonds. The first-order valence-electron chi connectivity index (χ1n) is 10.0. The monoisotopic (exact) mass is 420 g/mol. The van der Waals surface area contributed by atoms with Crippen LogP contribution >= 0.6 is 0 Å². The fourth-order valence-electron chi connectivity index (χ4n) is 3.57. The molecule has 1 fully saturated rings. The van der Waals surface area contributed by atoms with E-state index in [-0.39, 0.29) is 29.2 Å². The standard InChI is InChI=1S/C20H24N10O/c1-29-9-6-15(28-29)30-10-5-12-13(3-2-4-14(12)30)24-18-16(17(21)31)26-27-19(25-18)23-11-20(22)7-8-20/h2-6,9-10,15,28H,7-8,11,22H2,1H3,(H2,21,31)(H2,23,24,25,27). The molecule has 1 aliphatic heterocycles. The van der Waals surface area contributed by atoms with Crippen molar-refractivity contribution in [2.75, 3.05) is 24.2 Å². The Morgan fingerprint density at radius 3 is 2.87 bits per heavy atom. The molecule has 160 valence electrons. The number of anilines is 3. The average Bonchev–Trinajstić information content (AvgIpc) is 3.12. The van der Waals surface area contributed by atoms with Crippen molar-refractivity contribution < 1.29 is 4.79 Å². The van der Waals surface area contributed by atoms with E-state index in [0.717, 1.165) is 29.4 Å². The third-order valence-corrected chi connectivity index (χ3v) is 5.55. The van der Waals surface area contributed by atoms with E-state index in [2.05, 4.69) is 41.9 Å². The first-order chi connectivity index (χ1) is 14.9. The Kier molecular flexibility index (Phi) is 4.49. The molecule has 31 heavy (non-hydrogen) atoms. The molecule has 3 aromatic rings. The van der Waals surface area contributed by atoms with Gasteiger partial charge in [-0.1, -0.05) is 6.07 Å². The lowest BCUT2D eigenvalue weighted by Crippen LogP contribution is -2.32. The molecular weight excluding hydrogens is 396 g/mol. The highest BCUT2D eigenvalue weighted by molar-refractivity contribution is 5.99. The average molecular weight is 420 g/mol. The van der Waals surface area contributed by atoms with E-state index in [9.17, 15) is 4.79 Å². The number of carbonyl (C=O) groups excluding carboxylic acids is 1. The lowest BCUT2D eigenvalue weighted by atomic mass is 10.2. The fourth-order valence-corrected chi connectivity index (χ4v) is 3.57. The smallest absolute Gasteiger partial charge is 0.273 e. The number of hydrogen-bond acceptors (Lipinski definition) is 9. The molecule has 1 atom stereocenters. The summed E-state index contributed by atoms with van der Waals surface area (Å²) in [5, 5.41) is 17.1. The number of nitrogens with zero attached hydrogens (tertiary/aromatic N) is 5. The maximum atomic E-state index is 11.9. The number of aromatic nitrogens is 4. The van der Waals surface area contributed by atoms with Gasteiger partial charge in [-0.05, 0) is 37.1 Å². The number of nitrogens with two attached hydrogens (primary N) is 2. The number of benzene rings is 1. The van der Waals surface area contributed by atoms with E-state index < -0.39 is 5.91 Å². The Morgan fingerprint density at radius 2 is 2.16 bits per heavy atom. The number of amides is 1. The molecular formula is C20H24N10O. The summed E-state index contributed by atoms with van der Waals surface area (Å²) in [5.74, 6) is -0.178. The zero-order valence-corrected chi connectivity index (χ0v) is 17.0. The summed E-state index contributed by atoms with van der Waals surface area (Å²) in [6.07, 6.45) is 7.98. The van der Waals surface area contributed by atoms with Crippen molar-refractivity contribution in [1.82, 2.24) is 30.2 Å². The Bertz CT molecular complexity index is 1180. The largest absolute Gasteiger partial charge is 0.364 e. The van der Waals surface area contributed by atoms with Gasteiger partial charge in [0.2, 0.25) is 5.95 Å². The molecule has 11 heteroatoms. The van der Waals surface area contributed by atoms with E-state index in [4.69, 9.17) is 11.5 Å². The predicted octanol–water partition coefficient (Wildman–Crippen LogP) is 1.03. The van der Waals surface area contributed by atoms with Gasteiger partial charge in [-0.25, -0.2) is 5.43 Å². The number of hydrogen-bond donors (Lipinski definition) is 5. The molecule has 0 radical (unpaired) electrons. The minimum Gasteiger partial charge on any atom is -0.364 e. The first kappa shape index (κ1) is 19.3. The molecule has 0 bridgehead atoms. The third-order valence-electron chi connectivity index (χ3n) is 5.55. The minimum atomic E-state index is -0.709. The van der Waals surface area contributed by atoms with Gasteiger partial charge in [0.05, 0.1) is 5.52 Å². The summed E-state index contributed by atoms with van der Waals surface area (Å²) in [5.41, 5.74) is 16.5. The molecule has 5 rings (SSSR count). The van der Waals surface area contributed by atoms with E-state index in [1.807, 2.05) is 48.7 Å². The van der Waals surface area contributed by atoms with Crippen molar-refractivity contribution in [2.45, 2.75) is 24.5 Å². The van der Waals surface area contributed by atoms with Gasteiger partial charge >= 0.3 is 0 Å². The second-order valence-corrected chi connectivity index (χ2v) is 8.03. The van der Waals surface area contributed by atoms with Crippen molar-refractivity contribution in [2.24, 2.45) is 11.5 Å². The maximum Gasteiger partial charge on any atom is 0.273 e. The molecule has 11 nitrogen and oxygen atoms in total. The van der Waals surface area contributed by atoms with Crippen molar-refractivity contribution in [3.05, 3.63) is 48.4 Å². The van der Waals surface area contributed by atoms with Gasteiger partial charge in [0.1, 0.15) is 6.17 Å². The molecule has 1 unspecified atom stereocenters. The first-order valence-corrected chi connectivity index (χ1v) is 10.0. The Hall–Kier alpha value is -3.70. The van der Waals surface area contributed by atoms with Crippen LogP contribution < -0.4 is 27.5 Å². The summed E-state index contributed by atoms with van der Waals surface area (Å²) in [6.45, 7) is 0.540. The molecule has 0 spiro atoms. The molecule has 1 saturated carbocycles. The van der Waals surface area contributed by atoms with Crippen molar-refractivity contribution in [3.63, 3.8) is 0 Å². The Labute approximate surface area is 178 Å². The summed E-state index contributed by atoms with van der Waals surface area (Å²) < 4.78 is 2.12. The number of primary amides is 1. The third kappa shape index (κ3) is 3.76. The molecule has 0 saturated heterocycles. The van der Waals surface area contributed by atoms with Crippen LogP contribution in [-0.4, -0.2) is 49.8 Å². The number of carbonyl (C=O) groups is 1. The number of nitrogens with one attached hydrogen (secondary N) is 3. The highest BCUT2D eigenvalue weighted by atomic mass is 16.1. The van der Waals surface area contributed by atoms with Crippen LogP contribution in [-0.2, 0) is 0 Å². The van der Waals surface area contributed by atoms with Crippen LogP contribution in [0, 0.1) is 0 Å². The molecule has 1 aromatic carbocycles. The highest BCUT2D eigenvalue weighted by Crippen LogP contribution is 2.32. The fraction of sp³-hybridized carbons (Fsp3) is 0.300. The van der Waals surface area contributed by atoms with Gasteiger partial charge < -0.3 is 31.7 Å². The van der Waals surface area contributed by atoms with Crippen molar-refractivity contribution >= 4 is 34.3 Å². The molecule has 3 heterocycles. The van der Waals surface area contributed by atoms with Gasteiger partial charge in [-0.3, -0.25) is 4.79 Å². The molecule has 2 aromatic heterocycles. The van der Waals surface area contributed by atoms with Gasteiger partial charge in [0, 0.05) is 42.6 Å². The second kappa shape index (κ2) is 7.22. The van der Waals surface area contributed by atoms with Gasteiger partial charge in [0.25, 0.3) is 5.91 Å². The van der Waals surface area contributed by atoms with E-state index >= 15 is 0 Å². The summed E-state index contributed by atoms with van der Waals surface area (Å²) >= 11 is 0. The second-order valence-electron chi connectivity index (χ2n) is 8.03. The molecule has 2 aliphatic rings. The quantitative estimate of drug-likeness (QED) is 0.377. The van der Waals surface area contributed by atoms with E-state index in [1.165, 1.54) is 0 Å². The van der Waals surface area contributed by atoms with Crippen LogP contribution in [0.5, 0.6) is 0 Å². The van der Waals surface area contributed by atoms with Gasteiger partial charge in [0.15, 0.2) is 11.5 Å². The van der Waals surface area contributed by atoms with Crippen LogP contribution in [0.3, 0.4) is 0 Å². The summed E-state index contributed by atoms with van der Waals surface area (Å²) in [7, 11) is 1.95. The normalized spacial score (nSPS) is 19.0. The Morgan fingerprint density at radius 1 is 1.32 bits per heavy atom. The van der Waals surface area contributed by atoms with Gasteiger partial charge in [-0.2, -0.15) is 4.98 Å². The minimum absolute atomic E-state index is 0.0152. The van der Waals surface area contributed by atoms with Crippen molar-refractivity contribution in [3.8, 4) is 0 Å². The van der Waals surface area contributed by atoms with E-state index in [1.54, 1.807) is 0 Å². The van der Waals surface area contributed by atoms with Crippen molar-refractivity contribution in [1.29, 1.82) is 0 Å². The molecule has 1 aliphatic carbocycles. The SMILES string of the molecule is CN1C=CC(n2ccc3c(Nc4nc(NCC5(N)CC5)nnc4C(N)=O)cccc32)N1. The van der Waals surface area contributed by atoms with Crippen LogP contribution in [0.1, 0.15) is 29.5 Å². The Balaban J connectivity index is 1.46. The lowest BCUT2D eigenvalue weighted by molar-refractivity contribution is 0.0995. The topological polar surface area (TPSA) is 152 Å². The predicted molar refractivity (Wildman–Crippen MR) is 117 cm³/mol. The number of fused-ring (bicyclic) bond motifs is 1. The zero-order valence-electron chi connectivity index (χ0n) is 17.0. The van der Waals surface area contributed by atoms with Gasteiger partial charge in [-0.15, -0.1) is 10.2 Å². The van der Waals surface area contributed by atoms with E-state index in [0.29, 0.717) is 6.54 Å². The number of hydrazine groups is 1. The zero-order chi connectivity index (χ0) is 21.6. The van der Waals surface area contributed by atoms with Crippen LogP contribution in [0.15, 0.2) is 42.7 Å².